The van der Waals surface area contributed by atoms with E-state index in [0.717, 1.165) is 155 Å². The second kappa shape index (κ2) is 45.7. The zero-order valence-corrected chi connectivity index (χ0v) is 86.5. The van der Waals surface area contributed by atoms with Crippen molar-refractivity contribution in [1.82, 2.24) is 47.9 Å². The van der Waals surface area contributed by atoms with Crippen LogP contribution in [0.15, 0.2) is 264 Å². The van der Waals surface area contributed by atoms with Crippen molar-refractivity contribution < 1.29 is 52.0 Å². The molecule has 0 spiro atoms. The molecule has 12 aromatic heterocycles. The minimum Gasteiger partial charge on any atom is -0.467 e. The number of Topliss-reactive ketones (excluding diaryl/α,β-unsaturated/α-hetero) is 2. The van der Waals surface area contributed by atoms with Gasteiger partial charge < -0.3 is 62.0 Å². The number of hydrogen-bond donors (Lipinski definition) is 8. The fourth-order valence-corrected chi connectivity index (χ4v) is 21.8. The number of rotatable bonds is 28. The summed E-state index contributed by atoms with van der Waals surface area (Å²) >= 11 is 6.12. The van der Waals surface area contributed by atoms with Crippen molar-refractivity contribution in [2.45, 2.75) is 159 Å². The predicted octanol–water partition coefficient (Wildman–Crippen LogP) is 20.8. The molecule has 0 saturated heterocycles. The van der Waals surface area contributed by atoms with Crippen LogP contribution in [0.5, 0.6) is 0 Å². The number of imidazole rings is 3. The van der Waals surface area contributed by atoms with E-state index in [0.29, 0.717) is 89.0 Å². The minimum atomic E-state index is -0.539. The first-order valence-electron chi connectivity index (χ1n) is 48.1. The highest BCUT2D eigenvalue weighted by Gasteiger charge is 2.38. The van der Waals surface area contributed by atoms with Gasteiger partial charge in [0.25, 0.3) is 11.8 Å². The van der Waals surface area contributed by atoms with E-state index in [2.05, 4.69) is 126 Å². The van der Waals surface area contributed by atoms with Gasteiger partial charge in [0.05, 0.1) is 103 Å². The molecule has 0 bridgehead atoms. The molecule has 147 heavy (non-hydrogen) atoms. The number of carbonyl (C=O) groups excluding carboxylic acids is 9. The molecule has 0 fully saturated rings. The largest absolute Gasteiger partial charge is 0.467 e. The Balaban J connectivity index is 0.000000126. The lowest BCUT2D eigenvalue weighted by molar-refractivity contribution is -0.120. The molecular formula is C114H112N18O11S4. The lowest BCUT2D eigenvalue weighted by Crippen LogP contribution is -2.36. The number of primary amides is 2. The number of aromatic nitrogens is 8. The SMILES string of the molecule is Cc1ccc(CN(CC(=O)Cc2sc(C)c(C)c2C(N)=O)C(=O)c2ccccc2)cc1.Cc1ccc2c(c1)NC(=O)C(c1nc3ccc(C)cn3c1NCc1cccs1)C2.Cc1ccc2c(c1)NC(=O)C(c1nc3ccc(C)cn3c1NCc1cnco1)C2.Cc1ccc2c(c1)NC(=O)C(c1nc3ccc(C)cn3c1NCc1cncs1)C2.Cc1sc(CC(=O)CN(Cc2ccco2)C(=O)c2ccccc2)c(C(N)=O)c1C. The zero-order chi connectivity index (χ0) is 103. The first-order chi connectivity index (χ1) is 70.9. The van der Waals surface area contributed by atoms with Gasteiger partial charge in [-0.1, -0.05) is 127 Å². The molecule has 748 valence electrons. The molecule has 0 radical (unpaired) electrons. The summed E-state index contributed by atoms with van der Waals surface area (Å²) in [6, 6.07) is 64.0. The van der Waals surface area contributed by atoms with Gasteiger partial charge in [0, 0.05) is 102 Å². The summed E-state index contributed by atoms with van der Waals surface area (Å²) in [4.78, 5) is 146. The molecule has 3 atom stereocenters. The third-order valence-electron chi connectivity index (χ3n) is 25.9. The van der Waals surface area contributed by atoms with Gasteiger partial charge in [0.1, 0.15) is 45.9 Å². The Kier molecular flexibility index (Phi) is 31.8. The molecule has 3 unspecified atom stereocenters. The van der Waals surface area contributed by atoms with Gasteiger partial charge in [-0.2, -0.15) is 0 Å². The average molecular weight is 2040 g/mol. The van der Waals surface area contributed by atoms with Crippen LogP contribution < -0.4 is 43.4 Å². The van der Waals surface area contributed by atoms with Gasteiger partial charge in [-0.3, -0.25) is 61.3 Å². The first-order valence-corrected chi connectivity index (χ1v) is 51.5. The minimum absolute atomic E-state index is 0.00222. The number of amides is 7. The maximum atomic E-state index is 13.1. The average Bonchev–Trinajstić information content (AvgIpc) is 1.60. The molecule has 10 N–H and O–H groups in total. The van der Waals surface area contributed by atoms with Crippen LogP contribution in [0.25, 0.3) is 16.9 Å². The number of nitrogens with zero attached hydrogens (tertiary/aromatic N) is 10. The van der Waals surface area contributed by atoms with Crippen molar-refractivity contribution >= 4 is 150 Å². The van der Waals surface area contributed by atoms with Crippen LogP contribution in [-0.2, 0) is 88.8 Å². The van der Waals surface area contributed by atoms with Crippen molar-refractivity contribution in [3.8, 4) is 0 Å². The van der Waals surface area contributed by atoms with E-state index < -0.39 is 11.8 Å². The van der Waals surface area contributed by atoms with Crippen molar-refractivity contribution in [2.75, 3.05) is 45.0 Å². The summed E-state index contributed by atoms with van der Waals surface area (Å²) in [5.41, 5.74) is 36.1. The number of aryl methyl sites for hydroxylation is 9. The summed E-state index contributed by atoms with van der Waals surface area (Å²) in [7, 11) is 0. The number of hydrogen-bond acceptors (Lipinski definition) is 23. The van der Waals surface area contributed by atoms with Crippen LogP contribution in [0.1, 0.15) is 189 Å². The molecule has 18 aromatic rings. The Labute approximate surface area is 866 Å². The molecule has 0 aliphatic carbocycles. The van der Waals surface area contributed by atoms with Crippen LogP contribution in [-0.4, -0.2) is 114 Å². The number of thiazole rings is 1. The van der Waals surface area contributed by atoms with Gasteiger partial charge in [0.2, 0.25) is 29.5 Å². The van der Waals surface area contributed by atoms with Crippen LogP contribution in [0.4, 0.5) is 34.5 Å². The Morgan fingerprint density at radius 1 is 0.422 bits per heavy atom. The molecular weight excluding hydrogens is 1930 g/mol. The number of carbonyl (C=O) groups is 9. The highest BCUT2D eigenvalue weighted by atomic mass is 32.1. The van der Waals surface area contributed by atoms with Gasteiger partial charge >= 0.3 is 0 Å². The molecule has 29 nitrogen and oxygen atoms in total. The quantitative estimate of drug-likeness (QED) is 0.0226. The normalized spacial score (nSPS) is 13.8. The summed E-state index contributed by atoms with van der Waals surface area (Å²) in [6.07, 6.45) is 14.6. The fourth-order valence-electron chi connectivity index (χ4n) is 18.2. The number of benzene rings is 6. The molecule has 21 rings (SSSR count). The number of thiophene rings is 3. The molecule has 3 aliphatic heterocycles. The van der Waals surface area contributed by atoms with Crippen LogP contribution in [0.3, 0.4) is 0 Å². The first kappa shape index (κ1) is 102. The van der Waals surface area contributed by atoms with Gasteiger partial charge in [0.15, 0.2) is 18.0 Å². The van der Waals surface area contributed by atoms with Crippen molar-refractivity contribution in [1.29, 1.82) is 0 Å². The second-order valence-corrected chi connectivity index (χ2v) is 41.7. The zero-order valence-electron chi connectivity index (χ0n) is 83.2. The van der Waals surface area contributed by atoms with Crippen LogP contribution >= 0.6 is 45.3 Å². The van der Waals surface area contributed by atoms with E-state index in [1.807, 2.05) is 180 Å². The van der Waals surface area contributed by atoms with Crippen LogP contribution in [0, 0.1) is 76.2 Å². The Hall–Kier alpha value is -16.4. The number of anilines is 6. The van der Waals surface area contributed by atoms with Crippen molar-refractivity contribution in [3.05, 3.63) is 407 Å². The molecule has 15 heterocycles. The number of furan rings is 1. The maximum Gasteiger partial charge on any atom is 0.254 e. The highest BCUT2D eigenvalue weighted by molar-refractivity contribution is 7.13. The number of oxazole rings is 1. The van der Waals surface area contributed by atoms with E-state index in [1.54, 1.807) is 94.4 Å². The lowest BCUT2D eigenvalue weighted by atomic mass is 9.90. The molecule has 0 saturated carbocycles. The van der Waals surface area contributed by atoms with Crippen LogP contribution in [0.2, 0.25) is 0 Å². The Morgan fingerprint density at radius 3 is 1.22 bits per heavy atom. The summed E-state index contributed by atoms with van der Waals surface area (Å²) in [5, 5.41) is 21.8. The third kappa shape index (κ3) is 24.3. The standard InChI is InChI=1S/C25H26N2O3S.C23H22N4OS.C22H21N5O2.C22H21N5OS.C22H22N2O4S/c1-16-9-11-19(12-10-16)14-27(25(30)20-7-5-4-6-8-20)15-21(28)13-22-23(24(26)29)17(2)18(3)31-22;1-14-5-7-16-11-18(23(28)25-19(16)10-14)21-22(24-12-17-4-3-9-29-17)27-13-15(2)6-8-20(27)26-21;2*1-13-3-5-15-8-17(22(28)25-18(15)7-13)20-21(24-10-16-9-23-12-29-16)27-11-14(2)4-6-19(27)26-20;1-14-15(2)29-19(20(14)21(23)26)11-17(25)12-24(13-18-9-6-10-28-18)22(27)16-7-4-3-5-8-16/h4-12H,13-15H2,1-3H3,(H2,26,29);3-10,13,18,24H,11-12H2,1-2H3,(H,25,28);2*3-7,9,11-12,17,24H,8,10H2,1-2H3,(H,25,28);3-10H,11-13H2,1-2H3,(H2,23,26). The van der Waals surface area contributed by atoms with E-state index in [4.69, 9.17) is 35.3 Å². The summed E-state index contributed by atoms with van der Waals surface area (Å²) in [5.74, 6) is 0.943. The number of fused-ring (bicyclic) bond motifs is 6. The fraction of sp³-hybridized carbons (Fsp3) is 0.228. The number of pyridine rings is 3. The molecule has 33 heteroatoms. The van der Waals surface area contributed by atoms with Crippen molar-refractivity contribution in [2.24, 2.45) is 11.5 Å². The topological polar surface area (TPSA) is 388 Å². The monoisotopic (exact) mass is 2040 g/mol. The van der Waals surface area contributed by atoms with Gasteiger partial charge in [-0.05, 0) is 246 Å². The smallest absolute Gasteiger partial charge is 0.254 e. The highest BCUT2D eigenvalue weighted by Crippen LogP contribution is 2.41. The molecule has 7 amide bonds. The summed E-state index contributed by atoms with van der Waals surface area (Å²) < 4.78 is 16.8. The molecule has 6 aromatic carbocycles. The van der Waals surface area contributed by atoms with Crippen molar-refractivity contribution in [3.63, 3.8) is 0 Å². The Bertz CT molecular complexity index is 7450. The maximum absolute atomic E-state index is 13.1. The predicted molar refractivity (Wildman–Crippen MR) is 578 cm³/mol. The van der Waals surface area contributed by atoms with E-state index >= 15 is 0 Å². The molecule has 3 aliphatic rings. The van der Waals surface area contributed by atoms with E-state index in [9.17, 15) is 43.2 Å². The second-order valence-electron chi connectivity index (χ2n) is 37.1. The van der Waals surface area contributed by atoms with Gasteiger partial charge in [-0.15, -0.1) is 45.3 Å². The lowest BCUT2D eigenvalue weighted by Gasteiger charge is -2.24. The van der Waals surface area contributed by atoms with Gasteiger partial charge in [-0.25, -0.2) is 19.9 Å². The van der Waals surface area contributed by atoms with E-state index in [-0.39, 0.29) is 91.3 Å². The Morgan fingerprint density at radius 2 is 0.837 bits per heavy atom. The third-order valence-corrected chi connectivity index (χ3v) is 30.0. The number of nitrogens with two attached hydrogens (primary N) is 2. The summed E-state index contributed by atoms with van der Waals surface area (Å²) in [6.45, 7) is 23.9. The number of ketones is 2. The number of nitrogens with one attached hydrogen (secondary N) is 6. The van der Waals surface area contributed by atoms with E-state index in [1.165, 1.54) is 45.1 Å².